The SMILES string of the molecule is COc1cccc2cc(-c3cc[n+](Cc4ccccc4)cc3)oc12.[Br-]. The molecule has 0 unspecified atom stereocenters. The van der Waals surface area contributed by atoms with Crippen molar-refractivity contribution in [2.75, 3.05) is 7.11 Å². The van der Waals surface area contributed by atoms with Gasteiger partial charge in [0.05, 0.1) is 7.11 Å². The standard InChI is InChI=1S/C21H18NO2.BrH/c1-23-19-9-5-8-18-14-20(24-21(18)19)17-10-12-22(13-11-17)15-16-6-3-2-4-7-16;/h2-14H,15H2,1H3;1H/q+1;/p-1. The highest BCUT2D eigenvalue weighted by molar-refractivity contribution is 5.87. The Morgan fingerprint density at radius 3 is 2.40 bits per heavy atom. The van der Waals surface area contributed by atoms with Crippen LogP contribution >= 0.6 is 0 Å². The fraction of sp³-hybridized carbons (Fsp3) is 0.0952. The van der Waals surface area contributed by atoms with Crippen LogP contribution in [0.5, 0.6) is 5.75 Å². The van der Waals surface area contributed by atoms with Gasteiger partial charge in [0.2, 0.25) is 0 Å². The van der Waals surface area contributed by atoms with Gasteiger partial charge < -0.3 is 26.1 Å². The largest absolute Gasteiger partial charge is 1.00 e. The molecule has 4 aromatic rings. The van der Waals surface area contributed by atoms with Crippen molar-refractivity contribution in [2.45, 2.75) is 6.54 Å². The van der Waals surface area contributed by atoms with Gasteiger partial charge in [0.25, 0.3) is 0 Å². The van der Waals surface area contributed by atoms with E-state index >= 15 is 0 Å². The number of furan rings is 1. The van der Waals surface area contributed by atoms with Crippen LogP contribution in [0.2, 0.25) is 0 Å². The van der Waals surface area contributed by atoms with Crippen LogP contribution in [0.1, 0.15) is 5.56 Å². The molecule has 126 valence electrons. The predicted octanol–water partition coefficient (Wildman–Crippen LogP) is 1.45. The summed E-state index contributed by atoms with van der Waals surface area (Å²) in [5, 5.41) is 1.05. The van der Waals surface area contributed by atoms with Gasteiger partial charge >= 0.3 is 0 Å². The second-order valence-corrected chi connectivity index (χ2v) is 5.73. The molecule has 0 spiro atoms. The Balaban J connectivity index is 0.00000182. The topological polar surface area (TPSA) is 26.2 Å². The van der Waals surface area contributed by atoms with Gasteiger partial charge in [-0.15, -0.1) is 0 Å². The second-order valence-electron chi connectivity index (χ2n) is 5.73. The maximum Gasteiger partial charge on any atom is 0.176 e. The van der Waals surface area contributed by atoms with Crippen molar-refractivity contribution in [3.05, 3.63) is 84.7 Å². The van der Waals surface area contributed by atoms with E-state index < -0.39 is 0 Å². The van der Waals surface area contributed by atoms with E-state index in [9.17, 15) is 0 Å². The van der Waals surface area contributed by atoms with Gasteiger partial charge in [-0.2, -0.15) is 0 Å². The summed E-state index contributed by atoms with van der Waals surface area (Å²) in [6.45, 7) is 0.856. The van der Waals surface area contributed by atoms with Crippen molar-refractivity contribution in [3.8, 4) is 17.1 Å². The van der Waals surface area contributed by atoms with Gasteiger partial charge in [-0.1, -0.05) is 42.5 Å². The zero-order valence-electron chi connectivity index (χ0n) is 13.9. The van der Waals surface area contributed by atoms with E-state index in [0.717, 1.165) is 34.6 Å². The number of aromatic nitrogens is 1. The lowest BCUT2D eigenvalue weighted by atomic mass is 10.2. The van der Waals surface area contributed by atoms with Gasteiger partial charge in [-0.25, -0.2) is 4.57 Å². The third-order valence-electron chi connectivity index (χ3n) is 4.11. The zero-order chi connectivity index (χ0) is 16.4. The number of methoxy groups -OCH3 is 1. The lowest BCUT2D eigenvalue weighted by Crippen LogP contribution is -3.00. The van der Waals surface area contributed by atoms with E-state index in [2.05, 4.69) is 59.4 Å². The molecule has 0 aliphatic carbocycles. The zero-order valence-corrected chi connectivity index (χ0v) is 15.4. The first kappa shape index (κ1) is 17.2. The first-order valence-electron chi connectivity index (χ1n) is 7.93. The highest BCUT2D eigenvalue weighted by Gasteiger charge is 2.11. The minimum absolute atomic E-state index is 0. The molecule has 0 saturated heterocycles. The summed E-state index contributed by atoms with van der Waals surface area (Å²) in [6, 6.07) is 22.5. The van der Waals surface area contributed by atoms with Crippen molar-refractivity contribution >= 4 is 11.0 Å². The lowest BCUT2D eigenvalue weighted by Gasteiger charge is -2.00. The maximum absolute atomic E-state index is 6.00. The normalized spacial score (nSPS) is 10.4. The fourth-order valence-corrected chi connectivity index (χ4v) is 2.86. The Kier molecular flexibility index (Phi) is 5.19. The summed E-state index contributed by atoms with van der Waals surface area (Å²) in [5.74, 6) is 1.61. The van der Waals surface area contributed by atoms with Crippen molar-refractivity contribution < 1.29 is 30.7 Å². The molecule has 3 nitrogen and oxygen atoms in total. The molecule has 0 aliphatic rings. The molecular weight excluding hydrogens is 378 g/mol. The molecule has 0 N–H and O–H groups in total. The highest BCUT2D eigenvalue weighted by Crippen LogP contribution is 2.32. The van der Waals surface area contributed by atoms with Crippen molar-refractivity contribution in [1.82, 2.24) is 0 Å². The van der Waals surface area contributed by atoms with E-state index in [0.29, 0.717) is 0 Å². The molecule has 0 atom stereocenters. The molecule has 0 amide bonds. The molecule has 2 aromatic heterocycles. The van der Waals surface area contributed by atoms with Crippen LogP contribution in [-0.4, -0.2) is 7.11 Å². The molecule has 4 heteroatoms. The Morgan fingerprint density at radius 2 is 1.68 bits per heavy atom. The molecule has 0 radical (unpaired) electrons. The molecule has 0 aliphatic heterocycles. The molecule has 4 rings (SSSR count). The Bertz CT molecular complexity index is 962. The number of halogens is 1. The molecule has 0 bridgehead atoms. The average Bonchev–Trinajstić information content (AvgIpc) is 3.07. The first-order valence-corrected chi connectivity index (χ1v) is 7.93. The number of rotatable bonds is 4. The predicted molar refractivity (Wildman–Crippen MR) is 93.9 cm³/mol. The molecule has 2 heterocycles. The van der Waals surface area contributed by atoms with Crippen molar-refractivity contribution in [3.63, 3.8) is 0 Å². The maximum atomic E-state index is 6.00. The van der Waals surface area contributed by atoms with Crippen LogP contribution in [0.4, 0.5) is 0 Å². The quantitative estimate of drug-likeness (QED) is 0.489. The number of nitrogens with zero attached hydrogens (tertiary/aromatic N) is 1. The van der Waals surface area contributed by atoms with Gasteiger partial charge in [-0.05, 0) is 12.1 Å². The summed E-state index contributed by atoms with van der Waals surface area (Å²) < 4.78 is 13.5. The third-order valence-corrected chi connectivity index (χ3v) is 4.11. The van der Waals surface area contributed by atoms with Crippen LogP contribution < -0.4 is 26.3 Å². The van der Waals surface area contributed by atoms with Crippen LogP contribution in [0.25, 0.3) is 22.3 Å². The number of ether oxygens (including phenoxy) is 1. The number of benzene rings is 2. The molecule has 0 saturated carbocycles. The summed E-state index contributed by atoms with van der Waals surface area (Å²) in [7, 11) is 1.66. The number of pyridine rings is 1. The van der Waals surface area contributed by atoms with E-state index in [1.807, 2.05) is 24.3 Å². The van der Waals surface area contributed by atoms with Crippen LogP contribution in [-0.2, 0) is 6.54 Å². The van der Waals surface area contributed by atoms with Crippen molar-refractivity contribution in [1.29, 1.82) is 0 Å². The molecule has 2 aromatic carbocycles. The number of hydrogen-bond donors (Lipinski definition) is 0. The monoisotopic (exact) mass is 395 g/mol. The number of para-hydroxylation sites is 1. The Labute approximate surface area is 157 Å². The van der Waals surface area contributed by atoms with Gasteiger partial charge in [0.1, 0.15) is 5.76 Å². The summed E-state index contributed by atoms with van der Waals surface area (Å²) >= 11 is 0. The minimum atomic E-state index is 0. The lowest BCUT2D eigenvalue weighted by molar-refractivity contribution is -0.688. The van der Waals surface area contributed by atoms with Crippen LogP contribution in [0.3, 0.4) is 0 Å². The molecule has 0 fully saturated rings. The first-order chi connectivity index (χ1) is 11.8. The average molecular weight is 396 g/mol. The Hall–Kier alpha value is -2.59. The number of fused-ring (bicyclic) bond motifs is 1. The van der Waals surface area contributed by atoms with Crippen LogP contribution in [0.15, 0.2) is 83.5 Å². The third kappa shape index (κ3) is 3.59. The van der Waals surface area contributed by atoms with E-state index in [1.165, 1.54) is 5.56 Å². The summed E-state index contributed by atoms with van der Waals surface area (Å²) in [5.41, 5.74) is 3.12. The minimum Gasteiger partial charge on any atom is -1.00 e. The smallest absolute Gasteiger partial charge is 0.176 e. The van der Waals surface area contributed by atoms with Crippen molar-refractivity contribution in [2.24, 2.45) is 0 Å². The van der Waals surface area contributed by atoms with E-state index in [-0.39, 0.29) is 17.0 Å². The van der Waals surface area contributed by atoms with Gasteiger partial charge in [0.15, 0.2) is 30.3 Å². The summed E-state index contributed by atoms with van der Waals surface area (Å²) in [4.78, 5) is 0. The fourth-order valence-electron chi connectivity index (χ4n) is 2.86. The summed E-state index contributed by atoms with van der Waals surface area (Å²) in [6.07, 6.45) is 4.15. The van der Waals surface area contributed by atoms with E-state index in [4.69, 9.17) is 9.15 Å². The Morgan fingerprint density at radius 1 is 0.920 bits per heavy atom. The van der Waals surface area contributed by atoms with Gasteiger partial charge in [-0.3, -0.25) is 0 Å². The second kappa shape index (κ2) is 7.53. The molecular formula is C21H18BrNO2. The highest BCUT2D eigenvalue weighted by atomic mass is 79.9. The molecule has 25 heavy (non-hydrogen) atoms. The van der Waals surface area contributed by atoms with Gasteiger partial charge in [0, 0.05) is 28.6 Å². The van der Waals surface area contributed by atoms with E-state index in [1.54, 1.807) is 7.11 Å². The van der Waals surface area contributed by atoms with Crippen LogP contribution in [0, 0.1) is 0 Å². The number of hydrogen-bond acceptors (Lipinski definition) is 2.